The van der Waals surface area contributed by atoms with Gasteiger partial charge in [0.15, 0.2) is 0 Å². The van der Waals surface area contributed by atoms with Crippen molar-refractivity contribution in [1.29, 1.82) is 0 Å². The van der Waals surface area contributed by atoms with Gasteiger partial charge in [0.25, 0.3) is 0 Å². The highest BCUT2D eigenvalue weighted by atomic mass is 16.6. The number of carbonyl (C=O) groups excluding carboxylic acids is 1. The summed E-state index contributed by atoms with van der Waals surface area (Å²) in [5.41, 5.74) is 0. The molecular formula is C7H13NO4. The van der Waals surface area contributed by atoms with Crippen molar-refractivity contribution in [3.63, 3.8) is 0 Å². The van der Waals surface area contributed by atoms with Gasteiger partial charge < -0.3 is 14.6 Å². The number of ether oxygens (including phenoxy) is 2. The van der Waals surface area contributed by atoms with Crippen LogP contribution in [0.5, 0.6) is 0 Å². The molecule has 2 unspecified atom stereocenters. The molecule has 12 heavy (non-hydrogen) atoms. The number of rotatable bonds is 5. The molecule has 5 nitrogen and oxygen atoms in total. The van der Waals surface area contributed by atoms with Crippen LogP contribution in [0.3, 0.4) is 0 Å². The van der Waals surface area contributed by atoms with Gasteiger partial charge in [-0.15, -0.1) is 6.58 Å². The molecule has 0 fully saturated rings. The smallest absolute Gasteiger partial charge is 0.327 e. The molecule has 0 aromatic rings. The molecule has 0 saturated carbocycles. The van der Waals surface area contributed by atoms with Crippen LogP contribution in [0.15, 0.2) is 12.7 Å². The SMILES string of the molecule is C=CC(NC(O)OC)C(=O)OC. The van der Waals surface area contributed by atoms with Gasteiger partial charge in [-0.1, -0.05) is 6.08 Å². The molecule has 2 atom stereocenters. The third-order valence-electron chi connectivity index (χ3n) is 1.24. The Labute approximate surface area is 71.0 Å². The van der Waals surface area contributed by atoms with E-state index in [2.05, 4.69) is 21.4 Å². The standard InChI is InChI=1S/C7H13NO4/c1-4-5(6(9)11-2)8-7(10)12-3/h4-5,7-8,10H,1H2,2-3H3. The molecule has 0 aliphatic rings. The first-order valence-corrected chi connectivity index (χ1v) is 3.33. The molecule has 0 bridgehead atoms. The van der Waals surface area contributed by atoms with E-state index in [9.17, 15) is 4.79 Å². The summed E-state index contributed by atoms with van der Waals surface area (Å²) in [7, 11) is 2.55. The van der Waals surface area contributed by atoms with E-state index in [0.29, 0.717) is 0 Å². The molecule has 0 radical (unpaired) electrons. The summed E-state index contributed by atoms with van der Waals surface area (Å²) in [6.45, 7) is 3.39. The van der Waals surface area contributed by atoms with Gasteiger partial charge in [0.1, 0.15) is 6.04 Å². The number of esters is 1. The average molecular weight is 175 g/mol. The maximum absolute atomic E-state index is 10.9. The van der Waals surface area contributed by atoms with E-state index in [4.69, 9.17) is 5.11 Å². The second-order valence-electron chi connectivity index (χ2n) is 1.99. The highest BCUT2D eigenvalue weighted by molar-refractivity contribution is 5.77. The zero-order chi connectivity index (χ0) is 9.56. The van der Waals surface area contributed by atoms with Crippen molar-refractivity contribution < 1.29 is 19.4 Å². The predicted molar refractivity (Wildman–Crippen MR) is 42.2 cm³/mol. The van der Waals surface area contributed by atoms with Crippen LogP contribution in [0, 0.1) is 0 Å². The minimum Gasteiger partial charge on any atom is -0.468 e. The summed E-state index contributed by atoms with van der Waals surface area (Å²) in [4.78, 5) is 10.9. The topological polar surface area (TPSA) is 67.8 Å². The van der Waals surface area contributed by atoms with E-state index in [1.165, 1.54) is 20.3 Å². The van der Waals surface area contributed by atoms with Crippen molar-refractivity contribution in [2.45, 2.75) is 12.5 Å². The average Bonchev–Trinajstić information content (AvgIpc) is 2.12. The Kier molecular flexibility index (Phi) is 5.27. The fourth-order valence-electron chi connectivity index (χ4n) is 0.581. The first kappa shape index (κ1) is 11.1. The van der Waals surface area contributed by atoms with Crippen molar-refractivity contribution in [2.75, 3.05) is 14.2 Å². The van der Waals surface area contributed by atoms with Gasteiger partial charge in [-0.25, -0.2) is 0 Å². The summed E-state index contributed by atoms with van der Waals surface area (Å²) >= 11 is 0. The predicted octanol–water partition coefficient (Wildman–Crippen LogP) is -0.774. The second-order valence-corrected chi connectivity index (χ2v) is 1.99. The first-order valence-electron chi connectivity index (χ1n) is 3.33. The molecule has 0 rings (SSSR count). The largest absolute Gasteiger partial charge is 0.468 e. The van der Waals surface area contributed by atoms with Crippen molar-refractivity contribution in [3.05, 3.63) is 12.7 Å². The Morgan fingerprint density at radius 3 is 2.58 bits per heavy atom. The van der Waals surface area contributed by atoms with Crippen LogP contribution >= 0.6 is 0 Å². The maximum Gasteiger partial charge on any atom is 0.327 e. The Hall–Kier alpha value is -0.910. The lowest BCUT2D eigenvalue weighted by atomic mass is 10.3. The van der Waals surface area contributed by atoms with Crippen molar-refractivity contribution in [2.24, 2.45) is 0 Å². The van der Waals surface area contributed by atoms with E-state index in [1.54, 1.807) is 0 Å². The monoisotopic (exact) mass is 175 g/mol. The van der Waals surface area contributed by atoms with Crippen molar-refractivity contribution in [1.82, 2.24) is 5.32 Å². The van der Waals surface area contributed by atoms with Crippen LogP contribution in [0.4, 0.5) is 0 Å². The number of nitrogens with one attached hydrogen (secondary N) is 1. The molecule has 0 spiro atoms. The lowest BCUT2D eigenvalue weighted by Crippen LogP contribution is -2.43. The van der Waals surface area contributed by atoms with Crippen LogP contribution < -0.4 is 5.32 Å². The number of hydrogen-bond donors (Lipinski definition) is 2. The molecule has 0 amide bonds. The number of aliphatic hydroxyl groups excluding tert-OH is 1. The molecule has 0 aromatic carbocycles. The summed E-state index contributed by atoms with van der Waals surface area (Å²) < 4.78 is 8.88. The lowest BCUT2D eigenvalue weighted by molar-refractivity contribution is -0.148. The first-order chi connectivity index (χ1) is 5.65. The van der Waals surface area contributed by atoms with Gasteiger partial charge in [0, 0.05) is 7.11 Å². The minimum absolute atomic E-state index is 0.527. The van der Waals surface area contributed by atoms with Gasteiger partial charge in [-0.05, 0) is 0 Å². The molecule has 0 aliphatic carbocycles. The number of hydrogen-bond acceptors (Lipinski definition) is 5. The summed E-state index contributed by atoms with van der Waals surface area (Å²) in [5.74, 6) is -0.527. The van der Waals surface area contributed by atoms with E-state index in [1.807, 2.05) is 0 Å². The Balaban J connectivity index is 3.99. The highest BCUT2D eigenvalue weighted by Gasteiger charge is 2.17. The highest BCUT2D eigenvalue weighted by Crippen LogP contribution is 1.91. The third-order valence-corrected chi connectivity index (χ3v) is 1.24. The molecule has 5 heteroatoms. The third kappa shape index (κ3) is 3.47. The zero-order valence-electron chi connectivity index (χ0n) is 7.11. The quantitative estimate of drug-likeness (QED) is 0.326. The van der Waals surface area contributed by atoms with Gasteiger partial charge >= 0.3 is 5.97 Å². The van der Waals surface area contributed by atoms with E-state index in [0.717, 1.165) is 0 Å². The zero-order valence-corrected chi connectivity index (χ0v) is 7.11. The Morgan fingerprint density at radius 1 is 1.67 bits per heavy atom. The Bertz CT molecular complexity index is 159. The number of carbonyl (C=O) groups is 1. The van der Waals surface area contributed by atoms with Gasteiger partial charge in [-0.2, -0.15) is 0 Å². The lowest BCUT2D eigenvalue weighted by Gasteiger charge is -2.15. The van der Waals surface area contributed by atoms with Crippen LogP contribution in [0.25, 0.3) is 0 Å². The maximum atomic E-state index is 10.9. The Morgan fingerprint density at radius 2 is 2.25 bits per heavy atom. The molecular weight excluding hydrogens is 162 g/mol. The van der Waals surface area contributed by atoms with Gasteiger partial charge in [0.2, 0.25) is 6.41 Å². The van der Waals surface area contributed by atoms with Crippen LogP contribution in [0.2, 0.25) is 0 Å². The summed E-state index contributed by atoms with van der Waals surface area (Å²) in [6, 6.07) is -0.759. The van der Waals surface area contributed by atoms with Crippen LogP contribution in [-0.4, -0.2) is 37.8 Å². The number of aliphatic hydroxyl groups is 1. The minimum atomic E-state index is -1.20. The molecule has 0 heterocycles. The van der Waals surface area contributed by atoms with Gasteiger partial charge in [-0.3, -0.25) is 10.1 Å². The van der Waals surface area contributed by atoms with Crippen molar-refractivity contribution in [3.8, 4) is 0 Å². The second kappa shape index (κ2) is 5.70. The fourth-order valence-corrected chi connectivity index (χ4v) is 0.581. The van der Waals surface area contributed by atoms with Crippen molar-refractivity contribution >= 4 is 5.97 Å². The number of methoxy groups -OCH3 is 2. The molecule has 70 valence electrons. The van der Waals surface area contributed by atoms with E-state index >= 15 is 0 Å². The van der Waals surface area contributed by atoms with E-state index < -0.39 is 18.4 Å². The summed E-state index contributed by atoms with van der Waals surface area (Å²) in [5, 5.41) is 11.3. The van der Waals surface area contributed by atoms with E-state index in [-0.39, 0.29) is 0 Å². The molecule has 0 saturated heterocycles. The van der Waals surface area contributed by atoms with Gasteiger partial charge in [0.05, 0.1) is 7.11 Å². The van der Waals surface area contributed by atoms with Crippen LogP contribution in [-0.2, 0) is 14.3 Å². The molecule has 0 aromatic heterocycles. The fraction of sp³-hybridized carbons (Fsp3) is 0.571. The summed E-state index contributed by atoms with van der Waals surface area (Å²) in [6.07, 6.45) is 0.112. The van der Waals surface area contributed by atoms with Crippen LogP contribution in [0.1, 0.15) is 0 Å². The molecule has 0 aliphatic heterocycles. The molecule has 2 N–H and O–H groups in total. The normalized spacial score (nSPS) is 14.9.